The molecular weight excluding hydrogens is 316 g/mol. The minimum atomic E-state index is 0.256. The maximum atomic E-state index is 5.96. The zero-order valence-corrected chi connectivity index (χ0v) is 13.4. The van der Waals surface area contributed by atoms with Crippen LogP contribution in [0.2, 0.25) is 0 Å². The number of rotatable bonds is 6. The van der Waals surface area contributed by atoms with Crippen LogP contribution >= 0.6 is 15.9 Å². The lowest BCUT2D eigenvalue weighted by atomic mass is 10.1. The highest BCUT2D eigenvalue weighted by Gasteiger charge is 2.11. The van der Waals surface area contributed by atoms with E-state index in [1.165, 1.54) is 0 Å². The van der Waals surface area contributed by atoms with Crippen LogP contribution in [0.25, 0.3) is 0 Å². The van der Waals surface area contributed by atoms with Crippen LogP contribution in [0, 0.1) is 0 Å². The first-order chi connectivity index (χ1) is 9.70. The molecule has 0 bridgehead atoms. The SMILES string of the molecule is CCCNC(C)c1ccccc1Oc1cncc(Br)c1. The van der Waals surface area contributed by atoms with E-state index in [9.17, 15) is 0 Å². The Hall–Kier alpha value is -1.39. The van der Waals surface area contributed by atoms with Crippen LogP contribution in [-0.2, 0) is 0 Å². The summed E-state index contributed by atoms with van der Waals surface area (Å²) in [6, 6.07) is 10.3. The van der Waals surface area contributed by atoms with E-state index >= 15 is 0 Å². The number of hydrogen-bond acceptors (Lipinski definition) is 3. The Morgan fingerprint density at radius 3 is 2.85 bits per heavy atom. The van der Waals surface area contributed by atoms with E-state index in [1.54, 1.807) is 12.4 Å². The molecule has 1 aromatic carbocycles. The lowest BCUT2D eigenvalue weighted by molar-refractivity contribution is 0.459. The van der Waals surface area contributed by atoms with Gasteiger partial charge in [0.2, 0.25) is 0 Å². The molecule has 0 amide bonds. The molecule has 1 unspecified atom stereocenters. The first kappa shape index (κ1) is 15.0. The minimum Gasteiger partial charge on any atom is -0.455 e. The third kappa shape index (κ3) is 4.05. The lowest BCUT2D eigenvalue weighted by Gasteiger charge is -2.17. The highest BCUT2D eigenvalue weighted by molar-refractivity contribution is 9.10. The second kappa shape index (κ2) is 7.41. The van der Waals surface area contributed by atoms with Gasteiger partial charge >= 0.3 is 0 Å². The van der Waals surface area contributed by atoms with E-state index in [2.05, 4.69) is 46.1 Å². The zero-order valence-electron chi connectivity index (χ0n) is 11.8. The smallest absolute Gasteiger partial charge is 0.146 e. The third-order valence-electron chi connectivity index (χ3n) is 2.99. The molecule has 3 nitrogen and oxygen atoms in total. The number of nitrogens with one attached hydrogen (secondary N) is 1. The van der Waals surface area contributed by atoms with Gasteiger partial charge in [0.15, 0.2) is 0 Å². The summed E-state index contributed by atoms with van der Waals surface area (Å²) < 4.78 is 6.87. The van der Waals surface area contributed by atoms with Crippen molar-refractivity contribution in [3.8, 4) is 11.5 Å². The molecule has 0 radical (unpaired) electrons. The summed E-state index contributed by atoms with van der Waals surface area (Å²) in [5.41, 5.74) is 1.15. The van der Waals surface area contributed by atoms with Crippen LogP contribution < -0.4 is 10.1 Å². The van der Waals surface area contributed by atoms with Gasteiger partial charge in [0, 0.05) is 22.3 Å². The molecule has 0 aliphatic carbocycles. The molecule has 0 aliphatic rings. The summed E-state index contributed by atoms with van der Waals surface area (Å²) in [6.07, 6.45) is 4.57. The van der Waals surface area contributed by atoms with E-state index in [0.29, 0.717) is 0 Å². The van der Waals surface area contributed by atoms with E-state index in [1.807, 2.05) is 24.3 Å². The molecule has 0 aliphatic heterocycles. The van der Waals surface area contributed by atoms with Crippen molar-refractivity contribution in [3.05, 3.63) is 52.8 Å². The fourth-order valence-corrected chi connectivity index (χ4v) is 2.32. The zero-order chi connectivity index (χ0) is 14.4. The summed E-state index contributed by atoms with van der Waals surface area (Å²) in [5, 5.41) is 3.48. The number of para-hydroxylation sites is 1. The summed E-state index contributed by atoms with van der Waals surface area (Å²) >= 11 is 3.40. The maximum Gasteiger partial charge on any atom is 0.146 e. The van der Waals surface area contributed by atoms with E-state index < -0.39 is 0 Å². The number of ether oxygens (including phenoxy) is 1. The standard InChI is InChI=1S/C16H19BrN2O/c1-3-8-19-12(2)15-6-4-5-7-16(15)20-14-9-13(17)10-18-11-14/h4-7,9-12,19H,3,8H2,1-2H3. The van der Waals surface area contributed by atoms with E-state index in [0.717, 1.165) is 34.5 Å². The second-order valence-electron chi connectivity index (χ2n) is 4.65. The van der Waals surface area contributed by atoms with Crippen LogP contribution in [0.4, 0.5) is 0 Å². The van der Waals surface area contributed by atoms with Gasteiger partial charge in [-0.1, -0.05) is 25.1 Å². The second-order valence-corrected chi connectivity index (χ2v) is 5.57. The molecule has 1 heterocycles. The molecule has 20 heavy (non-hydrogen) atoms. The van der Waals surface area contributed by atoms with Gasteiger partial charge in [-0.05, 0) is 48.0 Å². The van der Waals surface area contributed by atoms with Gasteiger partial charge in [-0.2, -0.15) is 0 Å². The van der Waals surface area contributed by atoms with Gasteiger partial charge in [-0.3, -0.25) is 4.98 Å². The van der Waals surface area contributed by atoms with E-state index in [4.69, 9.17) is 4.74 Å². The number of benzene rings is 1. The van der Waals surface area contributed by atoms with Gasteiger partial charge < -0.3 is 10.1 Å². The summed E-state index contributed by atoms with van der Waals surface area (Å²) in [5.74, 6) is 1.60. The van der Waals surface area contributed by atoms with Gasteiger partial charge in [0.05, 0.1) is 6.20 Å². The number of halogens is 1. The van der Waals surface area contributed by atoms with Gasteiger partial charge in [-0.25, -0.2) is 0 Å². The molecule has 4 heteroatoms. The first-order valence-corrected chi connectivity index (χ1v) is 7.60. The van der Waals surface area contributed by atoms with Gasteiger partial charge in [-0.15, -0.1) is 0 Å². The number of nitrogens with zero attached hydrogens (tertiary/aromatic N) is 1. The Bertz CT molecular complexity index is 560. The Balaban J connectivity index is 2.19. The minimum absolute atomic E-state index is 0.256. The highest BCUT2D eigenvalue weighted by atomic mass is 79.9. The highest BCUT2D eigenvalue weighted by Crippen LogP contribution is 2.30. The quantitative estimate of drug-likeness (QED) is 0.831. The van der Waals surface area contributed by atoms with Crippen LogP contribution in [0.5, 0.6) is 11.5 Å². The van der Waals surface area contributed by atoms with Gasteiger partial charge in [0.25, 0.3) is 0 Å². The molecule has 106 valence electrons. The Labute approximate surface area is 128 Å². The number of hydrogen-bond donors (Lipinski definition) is 1. The van der Waals surface area contributed by atoms with Crippen LogP contribution in [0.1, 0.15) is 31.9 Å². The Morgan fingerprint density at radius 1 is 1.30 bits per heavy atom. The fraction of sp³-hybridized carbons (Fsp3) is 0.312. The molecule has 1 atom stereocenters. The Kier molecular flexibility index (Phi) is 5.56. The Morgan fingerprint density at radius 2 is 2.10 bits per heavy atom. The van der Waals surface area contributed by atoms with Crippen molar-refractivity contribution in [1.29, 1.82) is 0 Å². The molecule has 1 N–H and O–H groups in total. The van der Waals surface area contributed by atoms with Gasteiger partial charge in [0.1, 0.15) is 11.5 Å². The number of pyridine rings is 1. The molecular formula is C16H19BrN2O. The molecule has 0 saturated heterocycles. The summed E-state index contributed by atoms with van der Waals surface area (Å²) in [6.45, 7) is 5.31. The van der Waals surface area contributed by atoms with Crippen molar-refractivity contribution in [1.82, 2.24) is 10.3 Å². The maximum absolute atomic E-state index is 5.96. The molecule has 2 aromatic rings. The summed E-state index contributed by atoms with van der Waals surface area (Å²) in [7, 11) is 0. The molecule has 2 rings (SSSR count). The molecule has 1 aromatic heterocycles. The average Bonchev–Trinajstić information content (AvgIpc) is 2.45. The fourth-order valence-electron chi connectivity index (χ4n) is 1.98. The van der Waals surface area contributed by atoms with Crippen molar-refractivity contribution >= 4 is 15.9 Å². The predicted molar refractivity (Wildman–Crippen MR) is 85.2 cm³/mol. The van der Waals surface area contributed by atoms with Crippen LogP contribution in [0.3, 0.4) is 0 Å². The van der Waals surface area contributed by atoms with Crippen LogP contribution in [0.15, 0.2) is 47.2 Å². The van der Waals surface area contributed by atoms with Crippen molar-refractivity contribution in [2.24, 2.45) is 0 Å². The summed E-state index contributed by atoms with van der Waals surface area (Å²) in [4.78, 5) is 4.12. The first-order valence-electron chi connectivity index (χ1n) is 6.81. The largest absolute Gasteiger partial charge is 0.455 e. The van der Waals surface area contributed by atoms with Crippen molar-refractivity contribution in [2.45, 2.75) is 26.3 Å². The normalized spacial score (nSPS) is 12.2. The average molecular weight is 335 g/mol. The van der Waals surface area contributed by atoms with Crippen LogP contribution in [-0.4, -0.2) is 11.5 Å². The predicted octanol–water partition coefficient (Wildman–Crippen LogP) is 4.70. The lowest BCUT2D eigenvalue weighted by Crippen LogP contribution is -2.19. The monoisotopic (exact) mass is 334 g/mol. The number of aromatic nitrogens is 1. The third-order valence-corrected chi connectivity index (χ3v) is 3.43. The van der Waals surface area contributed by atoms with Crippen molar-refractivity contribution in [3.63, 3.8) is 0 Å². The van der Waals surface area contributed by atoms with Crippen molar-refractivity contribution in [2.75, 3.05) is 6.54 Å². The topological polar surface area (TPSA) is 34.1 Å². The molecule has 0 spiro atoms. The van der Waals surface area contributed by atoms with Crippen molar-refractivity contribution < 1.29 is 4.74 Å². The molecule has 0 saturated carbocycles. The molecule has 0 fully saturated rings. The van der Waals surface area contributed by atoms with E-state index in [-0.39, 0.29) is 6.04 Å².